The molecule has 2 atom stereocenters. The summed E-state index contributed by atoms with van der Waals surface area (Å²) in [4.78, 5) is 28.6. The predicted octanol–water partition coefficient (Wildman–Crippen LogP) is 3.12. The zero-order valence-corrected chi connectivity index (χ0v) is 15.1. The van der Waals surface area contributed by atoms with Crippen LogP contribution in [0.1, 0.15) is 44.1 Å². The SMILES string of the molecule is O=C(OCc1ccccc1)N1CCC(N2C(=O)NC3CCCCC32)CC1. The average molecular weight is 357 g/mol. The summed E-state index contributed by atoms with van der Waals surface area (Å²) in [5, 5.41) is 3.16. The van der Waals surface area contributed by atoms with Crippen LogP contribution in [0.25, 0.3) is 0 Å². The Balaban J connectivity index is 1.28. The molecule has 3 amide bonds. The van der Waals surface area contributed by atoms with E-state index in [-0.39, 0.29) is 18.2 Å². The van der Waals surface area contributed by atoms with Crippen molar-refractivity contribution in [2.75, 3.05) is 13.1 Å². The predicted molar refractivity (Wildman–Crippen MR) is 97.6 cm³/mol. The highest BCUT2D eigenvalue weighted by atomic mass is 16.6. The smallest absolute Gasteiger partial charge is 0.410 e. The van der Waals surface area contributed by atoms with Gasteiger partial charge in [0.05, 0.1) is 12.1 Å². The first-order valence-corrected chi connectivity index (χ1v) is 9.77. The Hall–Kier alpha value is -2.24. The summed E-state index contributed by atoms with van der Waals surface area (Å²) in [6, 6.07) is 10.7. The molecule has 0 spiro atoms. The third-order valence-corrected chi connectivity index (χ3v) is 5.95. The van der Waals surface area contributed by atoms with E-state index in [1.54, 1.807) is 4.90 Å². The Morgan fingerprint density at radius 3 is 2.58 bits per heavy atom. The standard InChI is InChI=1S/C20H27N3O3/c24-19-21-17-8-4-5-9-18(17)23(19)16-10-12-22(13-11-16)20(25)26-14-15-6-2-1-3-7-15/h1-3,6-7,16-18H,4-5,8-14H2,(H,21,24). The van der Waals surface area contributed by atoms with Crippen molar-refractivity contribution in [1.29, 1.82) is 0 Å². The van der Waals surface area contributed by atoms with Crippen LogP contribution in [-0.4, -0.2) is 53.1 Å². The number of hydrogen-bond donors (Lipinski definition) is 1. The van der Waals surface area contributed by atoms with E-state index in [2.05, 4.69) is 10.2 Å². The minimum absolute atomic E-state index is 0.0898. The molecule has 140 valence electrons. The summed E-state index contributed by atoms with van der Waals surface area (Å²) in [7, 11) is 0. The first-order chi connectivity index (χ1) is 12.7. The molecule has 6 nitrogen and oxygen atoms in total. The van der Waals surface area contributed by atoms with E-state index in [4.69, 9.17) is 4.74 Å². The molecular weight excluding hydrogens is 330 g/mol. The van der Waals surface area contributed by atoms with Crippen LogP contribution in [0.2, 0.25) is 0 Å². The normalized spacial score (nSPS) is 26.4. The molecule has 6 heteroatoms. The second kappa shape index (κ2) is 7.56. The number of carbonyl (C=O) groups is 2. The average Bonchev–Trinajstić information content (AvgIpc) is 3.03. The molecule has 3 aliphatic rings. The Labute approximate surface area is 154 Å². The molecule has 1 N–H and O–H groups in total. The summed E-state index contributed by atoms with van der Waals surface area (Å²) in [6.45, 7) is 1.61. The van der Waals surface area contributed by atoms with Crippen molar-refractivity contribution in [3.8, 4) is 0 Å². The van der Waals surface area contributed by atoms with E-state index in [1.807, 2.05) is 30.3 Å². The maximum absolute atomic E-state index is 12.4. The van der Waals surface area contributed by atoms with E-state index in [0.29, 0.717) is 31.8 Å². The van der Waals surface area contributed by atoms with E-state index < -0.39 is 0 Å². The highest BCUT2D eigenvalue weighted by molar-refractivity contribution is 5.78. The molecule has 4 rings (SSSR count). The monoisotopic (exact) mass is 357 g/mol. The summed E-state index contributed by atoms with van der Waals surface area (Å²) in [6.07, 6.45) is 6.01. The van der Waals surface area contributed by atoms with Gasteiger partial charge in [-0.3, -0.25) is 0 Å². The van der Waals surface area contributed by atoms with Crippen molar-refractivity contribution in [1.82, 2.24) is 15.1 Å². The van der Waals surface area contributed by atoms with Crippen LogP contribution >= 0.6 is 0 Å². The second-order valence-electron chi connectivity index (χ2n) is 7.57. The highest BCUT2D eigenvalue weighted by Gasteiger charge is 2.44. The van der Waals surface area contributed by atoms with Crippen LogP contribution in [0.5, 0.6) is 0 Å². The minimum Gasteiger partial charge on any atom is -0.445 e. The van der Waals surface area contributed by atoms with Crippen molar-refractivity contribution in [2.45, 2.75) is 63.3 Å². The van der Waals surface area contributed by atoms with E-state index >= 15 is 0 Å². The van der Waals surface area contributed by atoms with Gasteiger partial charge in [0.25, 0.3) is 0 Å². The Kier molecular flexibility index (Phi) is 5.00. The third kappa shape index (κ3) is 3.50. The fourth-order valence-electron chi connectivity index (χ4n) is 4.57. The fourth-order valence-corrected chi connectivity index (χ4v) is 4.57. The van der Waals surface area contributed by atoms with Gasteiger partial charge in [-0.1, -0.05) is 43.2 Å². The molecule has 3 fully saturated rings. The number of nitrogens with one attached hydrogen (secondary N) is 1. The molecule has 2 unspecified atom stereocenters. The molecular formula is C20H27N3O3. The van der Waals surface area contributed by atoms with E-state index in [1.165, 1.54) is 12.8 Å². The van der Waals surface area contributed by atoms with Crippen molar-refractivity contribution >= 4 is 12.1 Å². The van der Waals surface area contributed by atoms with Gasteiger partial charge >= 0.3 is 12.1 Å². The number of amides is 3. The Bertz CT molecular complexity index is 643. The molecule has 26 heavy (non-hydrogen) atoms. The number of hydrogen-bond acceptors (Lipinski definition) is 3. The molecule has 1 saturated carbocycles. The largest absolute Gasteiger partial charge is 0.445 e. The topological polar surface area (TPSA) is 61.9 Å². The van der Waals surface area contributed by atoms with Crippen LogP contribution in [0.4, 0.5) is 9.59 Å². The number of ether oxygens (including phenoxy) is 1. The van der Waals surface area contributed by atoms with Crippen LogP contribution < -0.4 is 5.32 Å². The summed E-state index contributed by atoms with van der Waals surface area (Å²) >= 11 is 0. The van der Waals surface area contributed by atoms with Gasteiger partial charge in [0.2, 0.25) is 0 Å². The number of urea groups is 1. The lowest BCUT2D eigenvalue weighted by Crippen LogP contribution is -2.51. The minimum atomic E-state index is -0.256. The van der Waals surface area contributed by atoms with Crippen LogP contribution in [-0.2, 0) is 11.3 Å². The lowest BCUT2D eigenvalue weighted by molar-refractivity contribution is 0.0681. The summed E-state index contributed by atoms with van der Waals surface area (Å²) in [5.41, 5.74) is 0.993. The molecule has 0 bridgehead atoms. The molecule has 2 saturated heterocycles. The van der Waals surface area contributed by atoms with Gasteiger partial charge in [0, 0.05) is 19.1 Å². The highest BCUT2D eigenvalue weighted by Crippen LogP contribution is 2.32. The zero-order valence-electron chi connectivity index (χ0n) is 15.1. The number of fused-ring (bicyclic) bond motifs is 1. The van der Waals surface area contributed by atoms with Gasteiger partial charge in [-0.2, -0.15) is 0 Å². The number of carbonyl (C=O) groups excluding carboxylic acids is 2. The Morgan fingerprint density at radius 2 is 1.81 bits per heavy atom. The van der Waals surface area contributed by atoms with Gasteiger partial charge in [0.1, 0.15) is 6.61 Å². The first-order valence-electron chi connectivity index (χ1n) is 9.77. The second-order valence-corrected chi connectivity index (χ2v) is 7.57. The fraction of sp³-hybridized carbons (Fsp3) is 0.600. The van der Waals surface area contributed by atoms with E-state index in [9.17, 15) is 9.59 Å². The zero-order chi connectivity index (χ0) is 17.9. The van der Waals surface area contributed by atoms with E-state index in [0.717, 1.165) is 31.2 Å². The van der Waals surface area contributed by atoms with Crippen molar-refractivity contribution in [3.05, 3.63) is 35.9 Å². The number of benzene rings is 1. The maximum Gasteiger partial charge on any atom is 0.410 e. The van der Waals surface area contributed by atoms with Gasteiger partial charge in [-0.25, -0.2) is 9.59 Å². The van der Waals surface area contributed by atoms with Crippen molar-refractivity contribution in [2.24, 2.45) is 0 Å². The molecule has 1 aromatic rings. The van der Waals surface area contributed by atoms with Gasteiger partial charge in [-0.05, 0) is 31.2 Å². The number of piperidine rings is 1. The summed E-state index contributed by atoms with van der Waals surface area (Å²) in [5.74, 6) is 0. The Morgan fingerprint density at radius 1 is 1.08 bits per heavy atom. The number of nitrogens with zero attached hydrogens (tertiary/aromatic N) is 2. The lowest BCUT2D eigenvalue weighted by atomic mass is 9.89. The van der Waals surface area contributed by atoms with Gasteiger partial charge < -0.3 is 19.9 Å². The first kappa shape index (κ1) is 17.2. The molecule has 0 radical (unpaired) electrons. The maximum atomic E-state index is 12.4. The molecule has 1 aliphatic carbocycles. The summed E-state index contributed by atoms with van der Waals surface area (Å²) < 4.78 is 5.43. The molecule has 1 aromatic carbocycles. The van der Waals surface area contributed by atoms with Gasteiger partial charge in [-0.15, -0.1) is 0 Å². The lowest BCUT2D eigenvalue weighted by Gasteiger charge is -2.40. The number of rotatable bonds is 3. The van der Waals surface area contributed by atoms with Gasteiger partial charge in [0.15, 0.2) is 0 Å². The van der Waals surface area contributed by atoms with Crippen molar-refractivity contribution < 1.29 is 14.3 Å². The molecule has 0 aromatic heterocycles. The van der Waals surface area contributed by atoms with Crippen LogP contribution in [0, 0.1) is 0 Å². The van der Waals surface area contributed by atoms with Crippen molar-refractivity contribution in [3.63, 3.8) is 0 Å². The van der Waals surface area contributed by atoms with Crippen LogP contribution in [0.15, 0.2) is 30.3 Å². The third-order valence-electron chi connectivity index (χ3n) is 5.95. The molecule has 2 heterocycles. The number of likely N-dealkylation sites (tertiary alicyclic amines) is 1. The van der Waals surface area contributed by atoms with Crippen LogP contribution in [0.3, 0.4) is 0 Å². The molecule has 2 aliphatic heterocycles. The quantitative estimate of drug-likeness (QED) is 0.904.